The van der Waals surface area contributed by atoms with Gasteiger partial charge in [-0.3, -0.25) is 9.88 Å². The number of alkyl halides is 3. The maximum Gasteiger partial charge on any atom is 0.413 e. The molecule has 16 heteroatoms. The van der Waals surface area contributed by atoms with Crippen molar-refractivity contribution in [2.75, 3.05) is 49.2 Å². The van der Waals surface area contributed by atoms with E-state index in [1.807, 2.05) is 27.7 Å². The van der Waals surface area contributed by atoms with Crippen LogP contribution in [0.5, 0.6) is 0 Å². The summed E-state index contributed by atoms with van der Waals surface area (Å²) in [7, 11) is 0. The minimum Gasteiger partial charge on any atom is -0.444 e. The number of rotatable bonds is 5. The molecule has 12 nitrogen and oxygen atoms in total. The van der Waals surface area contributed by atoms with Gasteiger partial charge in [-0.1, -0.05) is 0 Å². The number of carbonyl (C=O) groups is 1. The number of amides is 1. The molecule has 230 valence electrons. The van der Waals surface area contributed by atoms with Crippen molar-refractivity contribution < 1.29 is 27.4 Å². The number of alkyl carbamates (subject to hydrolysis) is 1. The Bertz CT molecular complexity index is 1420. The number of nitrogens with one attached hydrogen (secondary N) is 2. The van der Waals surface area contributed by atoms with E-state index < -0.39 is 45.1 Å². The summed E-state index contributed by atoms with van der Waals surface area (Å²) in [6.07, 6.45) is -3.57. The number of piperazine rings is 1. The van der Waals surface area contributed by atoms with Gasteiger partial charge in [-0.05, 0) is 59.4 Å². The second kappa shape index (κ2) is 12.0. The van der Waals surface area contributed by atoms with Crippen molar-refractivity contribution in [2.24, 2.45) is 4.99 Å². The van der Waals surface area contributed by atoms with Gasteiger partial charge in [-0.2, -0.15) is 13.2 Å². The molecule has 0 saturated carbocycles. The SMILES string of the molecule is C[C@@H]1CN(c2nc3c(N4CCOCC4)nc(C4=CI=C(NC(=O)OC(C)(C)C)N=C4)nc3n2CC(F)(F)F)C[C@H](C)N1. The van der Waals surface area contributed by atoms with Gasteiger partial charge in [0.25, 0.3) is 0 Å². The van der Waals surface area contributed by atoms with E-state index in [-0.39, 0.29) is 29.5 Å². The van der Waals surface area contributed by atoms with Gasteiger partial charge in [0.15, 0.2) is 26.6 Å². The number of halogens is 4. The molecular formula is C26H35F3IN9O3. The highest BCUT2D eigenvalue weighted by molar-refractivity contribution is 14.2. The number of hydrogen-bond acceptors (Lipinski definition) is 10. The fourth-order valence-electron chi connectivity index (χ4n) is 5.00. The minimum absolute atomic E-state index is 0.0699. The van der Waals surface area contributed by atoms with Crippen LogP contribution >= 0.6 is 20.7 Å². The number of ether oxygens (including phenoxy) is 2. The van der Waals surface area contributed by atoms with Crippen molar-refractivity contribution in [3.63, 3.8) is 0 Å². The normalized spacial score (nSPS) is 22.0. The highest BCUT2D eigenvalue weighted by Crippen LogP contribution is 2.34. The zero-order chi connectivity index (χ0) is 30.2. The Morgan fingerprint density at radius 2 is 1.81 bits per heavy atom. The van der Waals surface area contributed by atoms with Crippen molar-refractivity contribution in [3.8, 4) is 0 Å². The molecule has 0 aliphatic carbocycles. The number of aromatic nitrogens is 4. The summed E-state index contributed by atoms with van der Waals surface area (Å²) in [6, 6.07) is 0.140. The fraction of sp³-hybridized carbons (Fsp3) is 0.615. The van der Waals surface area contributed by atoms with Crippen molar-refractivity contribution in [2.45, 2.75) is 65.0 Å². The molecule has 0 bridgehead atoms. The number of aliphatic imine (C=N–C) groups is 1. The topological polar surface area (TPSA) is 122 Å². The molecule has 42 heavy (non-hydrogen) atoms. The van der Waals surface area contributed by atoms with E-state index in [1.165, 1.54) is 6.21 Å². The van der Waals surface area contributed by atoms with Crippen LogP contribution in [0.25, 0.3) is 16.7 Å². The van der Waals surface area contributed by atoms with Gasteiger partial charge in [0.1, 0.15) is 12.1 Å². The summed E-state index contributed by atoms with van der Waals surface area (Å²) in [5.41, 5.74) is 0.350. The van der Waals surface area contributed by atoms with Gasteiger partial charge in [-0.25, -0.2) is 24.7 Å². The Morgan fingerprint density at radius 3 is 2.40 bits per heavy atom. The molecule has 2 aromatic rings. The Balaban J connectivity index is 1.59. The Labute approximate surface area is 251 Å². The van der Waals surface area contributed by atoms with Crippen LogP contribution in [0.3, 0.4) is 0 Å². The largest absolute Gasteiger partial charge is 0.444 e. The van der Waals surface area contributed by atoms with E-state index in [4.69, 9.17) is 19.4 Å². The van der Waals surface area contributed by atoms with Crippen LogP contribution in [0.1, 0.15) is 40.4 Å². The first-order valence-corrected chi connectivity index (χ1v) is 16.0. The lowest BCUT2D eigenvalue weighted by Gasteiger charge is -2.37. The highest BCUT2D eigenvalue weighted by atomic mass is 127. The average molecular weight is 706 g/mol. The number of carbonyl (C=O) groups excluding carboxylic acids is 1. The van der Waals surface area contributed by atoms with Gasteiger partial charge in [0, 0.05) is 50.1 Å². The third-order valence-electron chi connectivity index (χ3n) is 6.50. The number of nitrogens with zero attached hydrogens (tertiary/aromatic N) is 7. The van der Waals surface area contributed by atoms with Gasteiger partial charge in [-0.15, -0.1) is 0 Å². The van der Waals surface area contributed by atoms with Gasteiger partial charge >= 0.3 is 12.3 Å². The third-order valence-corrected chi connectivity index (χ3v) is 8.62. The fourth-order valence-corrected chi connectivity index (χ4v) is 6.75. The van der Waals surface area contributed by atoms with E-state index in [0.29, 0.717) is 60.1 Å². The third kappa shape index (κ3) is 7.37. The van der Waals surface area contributed by atoms with E-state index in [1.54, 1.807) is 20.8 Å². The first-order chi connectivity index (χ1) is 19.8. The summed E-state index contributed by atoms with van der Waals surface area (Å²) >= 11 is -0.896. The molecule has 2 fully saturated rings. The van der Waals surface area contributed by atoms with Crippen LogP contribution in [-0.2, 0) is 16.0 Å². The molecular weight excluding hydrogens is 670 g/mol. The molecule has 2 N–H and O–H groups in total. The summed E-state index contributed by atoms with van der Waals surface area (Å²) in [6.45, 7) is 11.1. The number of fused-ring (bicyclic) bond motifs is 1. The summed E-state index contributed by atoms with van der Waals surface area (Å²) in [5.74, 6) is 0.936. The molecule has 0 radical (unpaired) electrons. The molecule has 2 aromatic heterocycles. The zero-order valence-electron chi connectivity index (χ0n) is 24.1. The van der Waals surface area contributed by atoms with Crippen LogP contribution in [-0.4, -0.2) is 98.8 Å². The molecule has 2 saturated heterocycles. The second-order valence-electron chi connectivity index (χ2n) is 11.5. The van der Waals surface area contributed by atoms with E-state index in [2.05, 4.69) is 20.6 Å². The Hall–Kier alpha value is -2.86. The molecule has 5 rings (SSSR count). The first kappa shape index (κ1) is 30.6. The number of allylic oxidation sites excluding steroid dienone is 1. The van der Waals surface area contributed by atoms with Crippen LogP contribution in [0.15, 0.2) is 9.08 Å². The molecule has 3 aliphatic heterocycles. The lowest BCUT2D eigenvalue weighted by molar-refractivity contribution is -0.139. The van der Waals surface area contributed by atoms with Crippen LogP contribution in [0.2, 0.25) is 0 Å². The highest BCUT2D eigenvalue weighted by Gasteiger charge is 2.35. The zero-order valence-corrected chi connectivity index (χ0v) is 26.3. The smallest absolute Gasteiger partial charge is 0.413 e. The van der Waals surface area contributed by atoms with Gasteiger partial charge in [0.2, 0.25) is 5.95 Å². The lowest BCUT2D eigenvalue weighted by Crippen LogP contribution is -2.55. The number of hydrogen-bond donors (Lipinski definition) is 2. The van der Waals surface area contributed by atoms with Crippen LogP contribution in [0.4, 0.5) is 29.7 Å². The van der Waals surface area contributed by atoms with Gasteiger partial charge in [0.05, 0.1) is 13.2 Å². The average Bonchev–Trinajstić information content (AvgIpc) is 3.24. The molecule has 0 spiro atoms. The number of morpholine rings is 1. The van der Waals surface area contributed by atoms with E-state index in [0.717, 1.165) is 4.57 Å². The molecule has 1 amide bonds. The summed E-state index contributed by atoms with van der Waals surface area (Å²) < 4.78 is 56.3. The first-order valence-electron chi connectivity index (χ1n) is 13.7. The van der Waals surface area contributed by atoms with Crippen molar-refractivity contribution in [1.29, 1.82) is 0 Å². The van der Waals surface area contributed by atoms with E-state index >= 15 is 0 Å². The lowest BCUT2D eigenvalue weighted by atomic mass is 10.1. The molecule has 5 heterocycles. The minimum atomic E-state index is -4.49. The number of imidazole rings is 1. The predicted molar refractivity (Wildman–Crippen MR) is 164 cm³/mol. The molecule has 0 unspecified atom stereocenters. The van der Waals surface area contributed by atoms with Crippen LogP contribution in [0, 0.1) is 0 Å². The Kier molecular flexibility index (Phi) is 8.76. The standard InChI is InChI=1S/C26H35F3IN9O3/c1-15-12-38(13-16(2)32-15)23-33-18-20(37-6-8-41-9-7-37)34-19(35-21(18)39(23)14-26(27,28)29)17-10-30-22(31-11-17)36-24(40)42-25(3,4)5/h10-11,15-16,32H,6-9,12-14H2,1-5H3,(H,31,36,40)/t15-,16+. The molecule has 2 atom stereocenters. The summed E-state index contributed by atoms with van der Waals surface area (Å²) in [4.78, 5) is 34.7. The molecule has 0 aromatic carbocycles. The van der Waals surface area contributed by atoms with Crippen LogP contribution < -0.4 is 20.4 Å². The second-order valence-corrected chi connectivity index (χ2v) is 13.7. The number of anilines is 2. The van der Waals surface area contributed by atoms with Crippen molar-refractivity contribution in [3.05, 3.63) is 9.91 Å². The van der Waals surface area contributed by atoms with E-state index in [9.17, 15) is 18.0 Å². The quantitative estimate of drug-likeness (QED) is 0.451. The van der Waals surface area contributed by atoms with Gasteiger partial charge < -0.3 is 24.6 Å². The monoisotopic (exact) mass is 705 g/mol. The Morgan fingerprint density at radius 1 is 1.12 bits per heavy atom. The predicted octanol–water partition coefficient (Wildman–Crippen LogP) is 3.42. The van der Waals surface area contributed by atoms with Crippen molar-refractivity contribution >= 4 is 65.3 Å². The summed E-state index contributed by atoms with van der Waals surface area (Å²) in [5, 5.41) is 6.09. The maximum absolute atomic E-state index is 14.0. The maximum atomic E-state index is 14.0. The molecule has 3 aliphatic rings. The van der Waals surface area contributed by atoms with Crippen molar-refractivity contribution in [1.82, 2.24) is 30.2 Å².